The SMILES string of the molecule is Cc1ccc(N2CCNCC2C(C)C)cc1N(C)C. The maximum absolute atomic E-state index is 3.51. The average molecular weight is 261 g/mol. The van der Waals surface area contributed by atoms with E-state index in [1.165, 1.54) is 16.9 Å². The molecule has 0 aliphatic carbocycles. The molecule has 1 aromatic rings. The van der Waals surface area contributed by atoms with Crippen molar-refractivity contribution in [2.45, 2.75) is 26.8 Å². The van der Waals surface area contributed by atoms with E-state index in [0.717, 1.165) is 19.6 Å². The molecule has 2 rings (SSSR count). The number of anilines is 2. The van der Waals surface area contributed by atoms with Crippen molar-refractivity contribution >= 4 is 11.4 Å². The molecule has 0 spiro atoms. The van der Waals surface area contributed by atoms with Crippen LogP contribution in [-0.2, 0) is 0 Å². The van der Waals surface area contributed by atoms with Crippen molar-refractivity contribution in [3.63, 3.8) is 0 Å². The van der Waals surface area contributed by atoms with Crippen LogP contribution in [0.1, 0.15) is 19.4 Å². The molecule has 1 unspecified atom stereocenters. The van der Waals surface area contributed by atoms with Crippen LogP contribution in [0.2, 0.25) is 0 Å². The van der Waals surface area contributed by atoms with Crippen LogP contribution < -0.4 is 15.1 Å². The van der Waals surface area contributed by atoms with Gasteiger partial charge in [-0.25, -0.2) is 0 Å². The highest BCUT2D eigenvalue weighted by Gasteiger charge is 2.25. The first kappa shape index (κ1) is 14.2. The minimum atomic E-state index is 0.589. The third-order valence-corrected chi connectivity index (χ3v) is 4.06. The summed E-state index contributed by atoms with van der Waals surface area (Å²) in [5, 5.41) is 3.51. The third kappa shape index (κ3) is 3.03. The van der Waals surface area contributed by atoms with E-state index in [2.05, 4.69) is 68.2 Å². The standard InChI is InChI=1S/C16H27N3/c1-12(2)16-11-17-8-9-19(16)14-7-6-13(3)15(10-14)18(4)5/h6-7,10,12,16-17H,8-9,11H2,1-5H3. The molecule has 19 heavy (non-hydrogen) atoms. The van der Waals surface area contributed by atoms with Crippen molar-refractivity contribution in [2.24, 2.45) is 5.92 Å². The predicted octanol–water partition coefficient (Wildman–Crippen LogP) is 2.50. The van der Waals surface area contributed by atoms with Crippen molar-refractivity contribution in [2.75, 3.05) is 43.5 Å². The second-order valence-corrected chi connectivity index (χ2v) is 6.07. The summed E-state index contributed by atoms with van der Waals surface area (Å²) in [6.45, 7) is 10.1. The summed E-state index contributed by atoms with van der Waals surface area (Å²) in [5.41, 5.74) is 4.01. The van der Waals surface area contributed by atoms with E-state index >= 15 is 0 Å². The third-order valence-electron chi connectivity index (χ3n) is 4.06. The molecule has 1 aliphatic heterocycles. The number of hydrogen-bond acceptors (Lipinski definition) is 3. The quantitative estimate of drug-likeness (QED) is 0.902. The van der Waals surface area contributed by atoms with E-state index in [1.54, 1.807) is 0 Å². The number of nitrogens with zero attached hydrogens (tertiary/aromatic N) is 2. The Hall–Kier alpha value is -1.22. The fourth-order valence-corrected chi connectivity index (χ4v) is 2.90. The molecule has 3 heteroatoms. The molecule has 1 aromatic carbocycles. The first-order valence-electron chi connectivity index (χ1n) is 7.26. The lowest BCUT2D eigenvalue weighted by molar-refractivity contribution is 0.390. The van der Waals surface area contributed by atoms with Crippen LogP contribution in [0.5, 0.6) is 0 Å². The first-order chi connectivity index (χ1) is 9.00. The summed E-state index contributed by atoms with van der Waals surface area (Å²) >= 11 is 0. The Labute approximate surface area is 117 Å². The molecule has 1 N–H and O–H groups in total. The maximum Gasteiger partial charge on any atom is 0.0438 e. The van der Waals surface area contributed by atoms with Crippen molar-refractivity contribution < 1.29 is 0 Å². The molecule has 0 radical (unpaired) electrons. The zero-order chi connectivity index (χ0) is 14.0. The van der Waals surface area contributed by atoms with Gasteiger partial charge >= 0.3 is 0 Å². The molecule has 0 amide bonds. The van der Waals surface area contributed by atoms with Gasteiger partial charge in [-0.1, -0.05) is 19.9 Å². The Kier molecular flexibility index (Phi) is 4.35. The number of rotatable bonds is 3. The average Bonchev–Trinajstić information content (AvgIpc) is 2.39. The van der Waals surface area contributed by atoms with Crippen LogP contribution in [0, 0.1) is 12.8 Å². The van der Waals surface area contributed by atoms with Gasteiger partial charge in [-0.15, -0.1) is 0 Å². The smallest absolute Gasteiger partial charge is 0.0438 e. The number of aryl methyl sites for hydroxylation is 1. The highest BCUT2D eigenvalue weighted by Crippen LogP contribution is 2.28. The summed E-state index contributed by atoms with van der Waals surface area (Å²) in [6.07, 6.45) is 0. The van der Waals surface area contributed by atoms with Crippen LogP contribution in [0.3, 0.4) is 0 Å². The molecule has 106 valence electrons. The fraction of sp³-hybridized carbons (Fsp3) is 0.625. The molecule has 1 saturated heterocycles. The van der Waals surface area contributed by atoms with Crippen LogP contribution >= 0.6 is 0 Å². The van der Waals surface area contributed by atoms with Gasteiger partial charge in [0.1, 0.15) is 0 Å². The summed E-state index contributed by atoms with van der Waals surface area (Å²) < 4.78 is 0. The molecule has 1 heterocycles. The van der Waals surface area contributed by atoms with Gasteiger partial charge in [-0.05, 0) is 30.5 Å². The number of hydrogen-bond donors (Lipinski definition) is 1. The lowest BCUT2D eigenvalue weighted by atomic mass is 9.99. The van der Waals surface area contributed by atoms with Gasteiger partial charge in [0.25, 0.3) is 0 Å². The van der Waals surface area contributed by atoms with Gasteiger partial charge in [-0.3, -0.25) is 0 Å². The van der Waals surface area contributed by atoms with Crippen LogP contribution in [0.15, 0.2) is 18.2 Å². The molecule has 0 bridgehead atoms. The van der Waals surface area contributed by atoms with E-state index in [0.29, 0.717) is 12.0 Å². The van der Waals surface area contributed by atoms with E-state index in [-0.39, 0.29) is 0 Å². The predicted molar refractivity (Wildman–Crippen MR) is 84.3 cm³/mol. The molecular weight excluding hydrogens is 234 g/mol. The van der Waals surface area contributed by atoms with Gasteiger partial charge < -0.3 is 15.1 Å². The van der Waals surface area contributed by atoms with Gasteiger partial charge in [0.05, 0.1) is 0 Å². The molecule has 0 saturated carbocycles. The fourth-order valence-electron chi connectivity index (χ4n) is 2.90. The van der Waals surface area contributed by atoms with E-state index in [9.17, 15) is 0 Å². The summed E-state index contributed by atoms with van der Waals surface area (Å²) in [5.74, 6) is 0.664. The van der Waals surface area contributed by atoms with Crippen molar-refractivity contribution in [3.05, 3.63) is 23.8 Å². The van der Waals surface area contributed by atoms with Gasteiger partial charge in [0.2, 0.25) is 0 Å². The molecule has 1 fully saturated rings. The Balaban J connectivity index is 2.31. The zero-order valence-electron chi connectivity index (χ0n) is 12.9. The highest BCUT2D eigenvalue weighted by atomic mass is 15.2. The van der Waals surface area contributed by atoms with Crippen molar-refractivity contribution in [3.8, 4) is 0 Å². The second-order valence-electron chi connectivity index (χ2n) is 6.07. The topological polar surface area (TPSA) is 18.5 Å². The molecule has 1 aliphatic rings. The monoisotopic (exact) mass is 261 g/mol. The Morgan fingerprint density at radius 2 is 2.05 bits per heavy atom. The normalized spacial score (nSPS) is 19.9. The molecule has 1 atom stereocenters. The second kappa shape index (κ2) is 5.83. The minimum absolute atomic E-state index is 0.589. The lowest BCUT2D eigenvalue weighted by Gasteiger charge is -2.40. The summed E-state index contributed by atoms with van der Waals surface area (Å²) in [6, 6.07) is 7.43. The van der Waals surface area contributed by atoms with Crippen LogP contribution in [0.4, 0.5) is 11.4 Å². The maximum atomic E-state index is 3.51. The van der Waals surface area contributed by atoms with Crippen molar-refractivity contribution in [1.82, 2.24) is 5.32 Å². The Bertz CT molecular complexity index is 426. The van der Waals surface area contributed by atoms with Gasteiger partial charge in [0.15, 0.2) is 0 Å². The lowest BCUT2D eigenvalue weighted by Crippen LogP contribution is -2.53. The summed E-state index contributed by atoms with van der Waals surface area (Å²) in [4.78, 5) is 4.76. The molecular formula is C16H27N3. The summed E-state index contributed by atoms with van der Waals surface area (Å²) in [7, 11) is 4.23. The number of benzene rings is 1. The Morgan fingerprint density at radius 1 is 1.32 bits per heavy atom. The highest BCUT2D eigenvalue weighted by molar-refractivity contribution is 5.63. The van der Waals surface area contributed by atoms with Crippen molar-refractivity contribution in [1.29, 1.82) is 0 Å². The molecule has 0 aromatic heterocycles. The van der Waals surface area contributed by atoms with E-state index < -0.39 is 0 Å². The van der Waals surface area contributed by atoms with E-state index in [4.69, 9.17) is 0 Å². The number of piperazine rings is 1. The van der Waals surface area contributed by atoms with Gasteiger partial charge in [0, 0.05) is 51.1 Å². The zero-order valence-corrected chi connectivity index (χ0v) is 12.9. The largest absolute Gasteiger partial charge is 0.377 e. The first-order valence-corrected chi connectivity index (χ1v) is 7.26. The number of nitrogens with one attached hydrogen (secondary N) is 1. The van der Waals surface area contributed by atoms with Gasteiger partial charge in [-0.2, -0.15) is 0 Å². The minimum Gasteiger partial charge on any atom is -0.377 e. The molecule has 3 nitrogen and oxygen atoms in total. The van der Waals surface area contributed by atoms with Crippen LogP contribution in [-0.4, -0.2) is 39.8 Å². The Morgan fingerprint density at radius 3 is 2.68 bits per heavy atom. The van der Waals surface area contributed by atoms with Crippen LogP contribution in [0.25, 0.3) is 0 Å². The van der Waals surface area contributed by atoms with E-state index in [1.807, 2.05) is 0 Å².